The Kier molecular flexibility index (Phi) is 13.3. The minimum atomic E-state index is 0.470. The summed E-state index contributed by atoms with van der Waals surface area (Å²) in [4.78, 5) is 0. The van der Waals surface area contributed by atoms with E-state index in [9.17, 15) is 0 Å². The van der Waals surface area contributed by atoms with Gasteiger partial charge in [-0.05, 0) is 54.7 Å². The summed E-state index contributed by atoms with van der Waals surface area (Å²) in [7, 11) is 0. The van der Waals surface area contributed by atoms with E-state index in [2.05, 4.69) is 126 Å². The van der Waals surface area contributed by atoms with Crippen molar-refractivity contribution in [2.24, 2.45) is 11.8 Å². The molecule has 0 N–H and O–H groups in total. The van der Waals surface area contributed by atoms with E-state index < -0.39 is 0 Å². The number of hydrogen-bond acceptors (Lipinski definition) is 3. The molecule has 3 nitrogen and oxygen atoms in total. The van der Waals surface area contributed by atoms with Crippen molar-refractivity contribution in [3.05, 3.63) is 88.5 Å². The average molecular weight is 561 g/mol. The van der Waals surface area contributed by atoms with Crippen LogP contribution >= 0.6 is 0 Å². The van der Waals surface area contributed by atoms with Gasteiger partial charge in [0.25, 0.3) is 0 Å². The molecule has 0 fully saturated rings. The molecule has 0 aliphatic heterocycles. The molecule has 41 heavy (non-hydrogen) atoms. The maximum Gasteiger partial charge on any atom is 0.134 e. The summed E-state index contributed by atoms with van der Waals surface area (Å²) < 4.78 is 17.0. The molecule has 0 amide bonds. The van der Waals surface area contributed by atoms with Crippen LogP contribution in [0.1, 0.15) is 148 Å². The van der Waals surface area contributed by atoms with E-state index in [1.165, 1.54) is 16.5 Å². The first-order chi connectivity index (χ1) is 19.2. The van der Waals surface area contributed by atoms with Crippen molar-refractivity contribution >= 4 is 17.0 Å². The van der Waals surface area contributed by atoms with Gasteiger partial charge in [-0.25, -0.2) is 0 Å². The van der Waals surface area contributed by atoms with Crippen molar-refractivity contribution in [3.8, 4) is 0 Å². The van der Waals surface area contributed by atoms with Crippen molar-refractivity contribution in [2.45, 2.75) is 120 Å². The molecule has 3 heterocycles. The Balaban J connectivity index is 0.000000203. The molecule has 0 radical (unpaired) electrons. The van der Waals surface area contributed by atoms with E-state index >= 15 is 0 Å². The zero-order valence-electron chi connectivity index (χ0n) is 28.1. The van der Waals surface area contributed by atoms with Gasteiger partial charge in [-0.15, -0.1) is 0 Å². The second kappa shape index (κ2) is 15.9. The highest BCUT2D eigenvalue weighted by Gasteiger charge is 2.20. The van der Waals surface area contributed by atoms with Gasteiger partial charge in [0.2, 0.25) is 0 Å². The highest BCUT2D eigenvalue weighted by Crippen LogP contribution is 2.33. The third kappa shape index (κ3) is 10.8. The lowest BCUT2D eigenvalue weighted by Crippen LogP contribution is -1.93. The molecule has 0 atom stereocenters. The summed E-state index contributed by atoms with van der Waals surface area (Å²) >= 11 is 0. The minimum absolute atomic E-state index is 0.470. The standard InChI is InChI=1S/C13H18O.C11H12O.C10H16O.C4H10/c1-8(2)10-5-11-7-12(9(3)4)14-13(11)6-10;1-8(2)11-7-9-5-3-4-6-10(9)12-11;1-7(2)9-5-6-10(11-9)8(3)4;1-4(2)3/h6-9H,5H2,1-4H3;3-8H,1-2H3;5-8H,1-4H3;4H,1-3H3. The molecule has 1 aromatic carbocycles. The summed E-state index contributed by atoms with van der Waals surface area (Å²) in [6.45, 7) is 28.2. The van der Waals surface area contributed by atoms with Crippen LogP contribution in [0, 0.1) is 11.8 Å². The monoisotopic (exact) mass is 560 g/mol. The van der Waals surface area contributed by atoms with Gasteiger partial charge in [-0.3, -0.25) is 0 Å². The Bertz CT molecular complexity index is 1280. The van der Waals surface area contributed by atoms with E-state index in [1.54, 1.807) is 0 Å². The number of rotatable bonds is 5. The summed E-state index contributed by atoms with van der Waals surface area (Å²) in [5.74, 6) is 8.91. The maximum absolute atomic E-state index is 5.79. The molecule has 1 aliphatic rings. The molecule has 1 aliphatic carbocycles. The van der Waals surface area contributed by atoms with Gasteiger partial charge in [0, 0.05) is 34.6 Å². The first kappa shape index (κ1) is 34.3. The lowest BCUT2D eigenvalue weighted by molar-refractivity contribution is 0.432. The normalized spacial score (nSPS) is 12.4. The largest absolute Gasteiger partial charge is 0.466 e. The fourth-order valence-electron chi connectivity index (χ4n) is 4.10. The lowest BCUT2D eigenvalue weighted by atomic mass is 10.0. The van der Waals surface area contributed by atoms with Gasteiger partial charge in [0.1, 0.15) is 34.4 Å². The van der Waals surface area contributed by atoms with Crippen LogP contribution in [0.5, 0.6) is 0 Å². The van der Waals surface area contributed by atoms with Crippen LogP contribution in [0.2, 0.25) is 0 Å². The van der Waals surface area contributed by atoms with Crippen LogP contribution < -0.4 is 0 Å². The van der Waals surface area contributed by atoms with Gasteiger partial charge in [0.05, 0.1) is 0 Å². The summed E-state index contributed by atoms with van der Waals surface area (Å²) in [5.41, 5.74) is 3.85. The predicted molar refractivity (Wildman–Crippen MR) is 177 cm³/mol. The van der Waals surface area contributed by atoms with Crippen LogP contribution in [0.15, 0.2) is 67.4 Å². The van der Waals surface area contributed by atoms with Crippen molar-refractivity contribution in [3.63, 3.8) is 0 Å². The molecular weight excluding hydrogens is 504 g/mol. The highest BCUT2D eigenvalue weighted by atomic mass is 16.3. The molecule has 3 aromatic heterocycles. The van der Waals surface area contributed by atoms with Crippen LogP contribution in [0.3, 0.4) is 0 Å². The van der Waals surface area contributed by atoms with Crippen molar-refractivity contribution in [1.29, 1.82) is 0 Å². The SMILES string of the molecule is CC(C)C.CC(C)C1=Cc2oc(C(C)C)cc2C1.CC(C)c1cc2ccccc2o1.CC(C)c1ccc(C(C)C)o1. The number of hydrogen-bond donors (Lipinski definition) is 0. The molecule has 4 aromatic rings. The third-order valence-corrected chi connectivity index (χ3v) is 6.68. The van der Waals surface area contributed by atoms with Crippen LogP contribution in [0.25, 0.3) is 17.0 Å². The average Bonchev–Trinajstić information content (AvgIpc) is 3.66. The predicted octanol–water partition coefficient (Wildman–Crippen LogP) is 12.7. The van der Waals surface area contributed by atoms with E-state index in [0.29, 0.717) is 29.6 Å². The van der Waals surface area contributed by atoms with Gasteiger partial charge in [-0.1, -0.05) is 114 Å². The molecule has 226 valence electrons. The first-order valence-corrected chi connectivity index (χ1v) is 15.6. The zero-order chi connectivity index (χ0) is 30.9. The Morgan fingerprint density at radius 1 is 0.512 bits per heavy atom. The topological polar surface area (TPSA) is 39.4 Å². The van der Waals surface area contributed by atoms with Gasteiger partial charge < -0.3 is 13.3 Å². The van der Waals surface area contributed by atoms with Gasteiger partial charge in [-0.2, -0.15) is 0 Å². The zero-order valence-corrected chi connectivity index (χ0v) is 28.1. The second-order valence-electron chi connectivity index (χ2n) is 13.4. The fraction of sp³-hybridized carbons (Fsp3) is 0.526. The Morgan fingerprint density at radius 2 is 1.00 bits per heavy atom. The molecule has 0 unspecified atom stereocenters. The first-order valence-electron chi connectivity index (χ1n) is 15.6. The number of fused-ring (bicyclic) bond motifs is 2. The second-order valence-corrected chi connectivity index (χ2v) is 13.4. The van der Waals surface area contributed by atoms with E-state index in [1.807, 2.05) is 18.2 Å². The molecule has 5 rings (SSSR count). The molecule has 0 spiro atoms. The van der Waals surface area contributed by atoms with E-state index in [0.717, 1.165) is 46.7 Å². The Labute approximate surface area is 250 Å². The number of allylic oxidation sites excluding steroid dienone is 1. The van der Waals surface area contributed by atoms with Crippen LogP contribution in [-0.2, 0) is 6.42 Å². The Hall–Kier alpha value is -2.94. The number of furan rings is 3. The quantitative estimate of drug-likeness (QED) is 0.244. The summed E-state index contributed by atoms with van der Waals surface area (Å²) in [6, 6.07) is 16.6. The smallest absolute Gasteiger partial charge is 0.134 e. The maximum atomic E-state index is 5.79. The number of benzene rings is 1. The van der Waals surface area contributed by atoms with Crippen molar-refractivity contribution < 1.29 is 13.3 Å². The summed E-state index contributed by atoms with van der Waals surface area (Å²) in [5, 5.41) is 1.20. The molecule has 3 heteroatoms. The van der Waals surface area contributed by atoms with E-state index in [4.69, 9.17) is 13.3 Å². The lowest BCUT2D eigenvalue weighted by Gasteiger charge is -2.04. The minimum Gasteiger partial charge on any atom is -0.466 e. The van der Waals surface area contributed by atoms with Crippen molar-refractivity contribution in [2.75, 3.05) is 0 Å². The fourth-order valence-corrected chi connectivity index (χ4v) is 4.10. The van der Waals surface area contributed by atoms with Gasteiger partial charge >= 0.3 is 0 Å². The molecular formula is C38H56O3. The highest BCUT2D eigenvalue weighted by molar-refractivity contribution is 5.77. The number of para-hydroxylation sites is 1. The van der Waals surface area contributed by atoms with E-state index in [-0.39, 0.29) is 0 Å². The van der Waals surface area contributed by atoms with Crippen LogP contribution in [0.4, 0.5) is 0 Å². The third-order valence-electron chi connectivity index (χ3n) is 6.68. The van der Waals surface area contributed by atoms with Crippen molar-refractivity contribution in [1.82, 2.24) is 0 Å². The van der Waals surface area contributed by atoms with Gasteiger partial charge in [0.15, 0.2) is 0 Å². The molecule has 0 bridgehead atoms. The van der Waals surface area contributed by atoms with Crippen LogP contribution in [-0.4, -0.2) is 0 Å². The molecule has 0 saturated heterocycles. The Morgan fingerprint density at radius 3 is 1.41 bits per heavy atom. The molecule has 0 saturated carbocycles. The summed E-state index contributed by atoms with van der Waals surface area (Å²) in [6.07, 6.45) is 3.30.